The maximum Gasteiger partial charge on any atom is 0.259 e. The number of carbonyl (C=O) groups is 1. The van der Waals surface area contributed by atoms with Gasteiger partial charge in [-0.1, -0.05) is 6.07 Å². The van der Waals surface area contributed by atoms with E-state index in [4.69, 9.17) is 0 Å². The quantitative estimate of drug-likeness (QED) is 0.716. The molecule has 0 radical (unpaired) electrons. The zero-order valence-corrected chi connectivity index (χ0v) is 12.1. The first-order valence-corrected chi connectivity index (χ1v) is 6.74. The van der Waals surface area contributed by atoms with Crippen molar-refractivity contribution in [2.75, 3.05) is 5.32 Å². The minimum Gasteiger partial charge on any atom is -0.319 e. The van der Waals surface area contributed by atoms with Crippen molar-refractivity contribution in [3.63, 3.8) is 0 Å². The van der Waals surface area contributed by atoms with Crippen LogP contribution in [0.1, 0.15) is 10.4 Å². The van der Waals surface area contributed by atoms with Gasteiger partial charge in [-0.25, -0.2) is 13.3 Å². The van der Waals surface area contributed by atoms with E-state index in [-0.39, 0.29) is 15.7 Å². The highest BCUT2D eigenvalue weighted by atomic mass is 79.9. The highest BCUT2D eigenvalue weighted by Crippen LogP contribution is 2.24. The number of benzene rings is 1. The number of rotatable bonds is 2. The molecular weight excluding hydrogens is 344 g/mol. The molecule has 0 spiro atoms. The molecule has 4 nitrogen and oxygen atoms in total. The smallest absolute Gasteiger partial charge is 0.259 e. The Balaban J connectivity index is 1.95. The molecule has 3 rings (SSSR count). The number of halogens is 3. The molecule has 3 aromatic rings. The van der Waals surface area contributed by atoms with Crippen LogP contribution in [0.25, 0.3) is 5.52 Å². The topological polar surface area (TPSA) is 46.4 Å². The van der Waals surface area contributed by atoms with E-state index in [1.807, 2.05) is 0 Å². The number of nitrogens with zero attached hydrogens (tertiary/aromatic N) is 2. The lowest BCUT2D eigenvalue weighted by atomic mass is 10.2. The second-order valence-electron chi connectivity index (χ2n) is 4.29. The molecule has 1 aromatic carbocycles. The molecular formula is C14H8BrF2N3O. The fraction of sp³-hybridized carbons (Fsp3) is 0. The summed E-state index contributed by atoms with van der Waals surface area (Å²) in [5, 5.41) is 6.36. The normalized spacial score (nSPS) is 10.8. The van der Waals surface area contributed by atoms with Gasteiger partial charge in [0.15, 0.2) is 0 Å². The number of fused-ring (bicyclic) bond motifs is 1. The van der Waals surface area contributed by atoms with Crippen LogP contribution in [0, 0.1) is 11.6 Å². The molecule has 2 aromatic heterocycles. The van der Waals surface area contributed by atoms with E-state index in [1.54, 1.807) is 24.4 Å². The van der Waals surface area contributed by atoms with Gasteiger partial charge in [0.25, 0.3) is 5.91 Å². The Hall–Kier alpha value is -2.28. The van der Waals surface area contributed by atoms with E-state index in [0.29, 0.717) is 5.52 Å². The number of hydrogen-bond acceptors (Lipinski definition) is 2. The highest BCUT2D eigenvalue weighted by molar-refractivity contribution is 9.10. The molecule has 0 aliphatic carbocycles. The molecule has 0 aliphatic heterocycles. The largest absolute Gasteiger partial charge is 0.319 e. The molecule has 21 heavy (non-hydrogen) atoms. The minimum absolute atomic E-state index is 0.00557. The first kappa shape index (κ1) is 13.7. The molecule has 0 bridgehead atoms. The van der Waals surface area contributed by atoms with Crippen LogP contribution in [0.2, 0.25) is 0 Å². The first-order chi connectivity index (χ1) is 10.1. The summed E-state index contributed by atoms with van der Waals surface area (Å²) in [5.74, 6) is -1.95. The SMILES string of the molecule is O=C(Nc1cc(F)c(Br)cc1F)c1cnn2ccccc12. The first-order valence-electron chi connectivity index (χ1n) is 5.94. The molecule has 0 atom stereocenters. The molecule has 0 unspecified atom stereocenters. The van der Waals surface area contributed by atoms with Crippen LogP contribution in [0.3, 0.4) is 0 Å². The van der Waals surface area contributed by atoms with E-state index in [0.717, 1.165) is 12.1 Å². The van der Waals surface area contributed by atoms with Crippen LogP contribution in [0.15, 0.2) is 47.2 Å². The molecule has 1 amide bonds. The summed E-state index contributed by atoms with van der Waals surface area (Å²) in [7, 11) is 0. The summed E-state index contributed by atoms with van der Waals surface area (Å²) in [6.45, 7) is 0. The zero-order valence-electron chi connectivity index (χ0n) is 10.5. The Morgan fingerprint density at radius 2 is 2.05 bits per heavy atom. The maximum atomic E-state index is 13.7. The van der Waals surface area contributed by atoms with Crippen LogP contribution in [-0.4, -0.2) is 15.5 Å². The molecule has 2 heterocycles. The van der Waals surface area contributed by atoms with E-state index in [2.05, 4.69) is 26.3 Å². The van der Waals surface area contributed by atoms with Crippen molar-refractivity contribution in [1.29, 1.82) is 0 Å². The fourth-order valence-corrected chi connectivity index (χ4v) is 2.23. The standard InChI is InChI=1S/C14H8BrF2N3O/c15-9-5-11(17)12(6-10(9)16)19-14(21)8-7-18-20-4-2-1-3-13(8)20/h1-7H,(H,19,21). The Kier molecular flexibility index (Phi) is 3.42. The van der Waals surface area contributed by atoms with Crippen LogP contribution in [0.5, 0.6) is 0 Å². The van der Waals surface area contributed by atoms with Crippen molar-refractivity contribution >= 4 is 33.0 Å². The van der Waals surface area contributed by atoms with Gasteiger partial charge in [0.05, 0.1) is 27.4 Å². The van der Waals surface area contributed by atoms with Crippen LogP contribution < -0.4 is 5.32 Å². The second kappa shape index (κ2) is 5.25. The average Bonchev–Trinajstić information content (AvgIpc) is 2.88. The summed E-state index contributed by atoms with van der Waals surface area (Å²) in [6.07, 6.45) is 3.06. The number of carbonyl (C=O) groups excluding carboxylic acids is 1. The number of aromatic nitrogens is 2. The summed E-state index contributed by atoms with van der Waals surface area (Å²) in [4.78, 5) is 12.2. The molecule has 106 valence electrons. The fourth-order valence-electron chi connectivity index (χ4n) is 1.92. The highest BCUT2D eigenvalue weighted by Gasteiger charge is 2.15. The van der Waals surface area contributed by atoms with Crippen molar-refractivity contribution in [2.45, 2.75) is 0 Å². The van der Waals surface area contributed by atoms with Gasteiger partial charge >= 0.3 is 0 Å². The van der Waals surface area contributed by atoms with E-state index < -0.39 is 17.5 Å². The van der Waals surface area contributed by atoms with Gasteiger partial charge in [-0.2, -0.15) is 5.10 Å². The van der Waals surface area contributed by atoms with E-state index in [1.165, 1.54) is 10.7 Å². The molecule has 0 saturated heterocycles. The third kappa shape index (κ3) is 2.52. The van der Waals surface area contributed by atoms with E-state index in [9.17, 15) is 13.6 Å². The van der Waals surface area contributed by atoms with Gasteiger partial charge in [-0.15, -0.1) is 0 Å². The predicted octanol–water partition coefficient (Wildman–Crippen LogP) is 3.63. The van der Waals surface area contributed by atoms with Crippen molar-refractivity contribution in [1.82, 2.24) is 9.61 Å². The summed E-state index contributed by atoms with van der Waals surface area (Å²) >= 11 is 2.88. The lowest BCUT2D eigenvalue weighted by Gasteiger charge is -2.06. The lowest BCUT2D eigenvalue weighted by Crippen LogP contribution is -2.13. The molecule has 0 fully saturated rings. The number of pyridine rings is 1. The van der Waals surface area contributed by atoms with Gasteiger partial charge in [0, 0.05) is 12.3 Å². The average molecular weight is 352 g/mol. The monoisotopic (exact) mass is 351 g/mol. The molecule has 1 N–H and O–H groups in total. The number of nitrogens with one attached hydrogen (secondary N) is 1. The van der Waals surface area contributed by atoms with Crippen LogP contribution in [-0.2, 0) is 0 Å². The van der Waals surface area contributed by atoms with Gasteiger partial charge in [-0.05, 0) is 34.1 Å². The molecule has 0 saturated carbocycles. The van der Waals surface area contributed by atoms with Crippen molar-refractivity contribution in [3.05, 3.63) is 64.4 Å². The van der Waals surface area contributed by atoms with Gasteiger partial charge in [0.1, 0.15) is 11.6 Å². The number of anilines is 1. The van der Waals surface area contributed by atoms with Crippen molar-refractivity contribution in [2.24, 2.45) is 0 Å². The second-order valence-corrected chi connectivity index (χ2v) is 5.14. The third-order valence-electron chi connectivity index (χ3n) is 2.93. The minimum atomic E-state index is -0.729. The summed E-state index contributed by atoms with van der Waals surface area (Å²) < 4.78 is 28.7. The Morgan fingerprint density at radius 3 is 2.86 bits per heavy atom. The summed E-state index contributed by atoms with van der Waals surface area (Å²) in [5.41, 5.74) is 0.627. The number of hydrogen-bond donors (Lipinski definition) is 1. The van der Waals surface area contributed by atoms with Crippen LogP contribution >= 0.6 is 15.9 Å². The van der Waals surface area contributed by atoms with E-state index >= 15 is 0 Å². The Labute approximate surface area is 126 Å². The van der Waals surface area contributed by atoms with Gasteiger partial charge < -0.3 is 5.32 Å². The van der Waals surface area contributed by atoms with Crippen LogP contribution in [0.4, 0.5) is 14.5 Å². The third-order valence-corrected chi connectivity index (χ3v) is 3.54. The van der Waals surface area contributed by atoms with Gasteiger partial charge in [-0.3, -0.25) is 4.79 Å². The predicted molar refractivity (Wildman–Crippen MR) is 77.2 cm³/mol. The Morgan fingerprint density at radius 1 is 1.24 bits per heavy atom. The van der Waals surface area contributed by atoms with Crippen molar-refractivity contribution < 1.29 is 13.6 Å². The zero-order chi connectivity index (χ0) is 15.0. The molecule has 0 aliphatic rings. The van der Waals surface area contributed by atoms with Gasteiger partial charge in [0.2, 0.25) is 0 Å². The summed E-state index contributed by atoms with van der Waals surface area (Å²) in [6, 6.07) is 7.11. The lowest BCUT2D eigenvalue weighted by molar-refractivity contribution is 0.102. The Bertz CT molecular complexity index is 847. The molecule has 7 heteroatoms. The van der Waals surface area contributed by atoms with Crippen molar-refractivity contribution in [3.8, 4) is 0 Å². The number of amides is 1. The maximum absolute atomic E-state index is 13.7.